The van der Waals surface area contributed by atoms with Crippen LogP contribution in [0.2, 0.25) is 5.02 Å². The van der Waals surface area contributed by atoms with E-state index in [-0.39, 0.29) is 11.9 Å². The molecule has 0 spiro atoms. The quantitative estimate of drug-likeness (QED) is 0.341. The third-order valence-electron chi connectivity index (χ3n) is 3.06. The van der Waals surface area contributed by atoms with Gasteiger partial charge in [-0.1, -0.05) is 28.9 Å². The topological polar surface area (TPSA) is 96.7 Å². The van der Waals surface area contributed by atoms with Crippen molar-refractivity contribution in [1.29, 1.82) is 0 Å². The van der Waals surface area contributed by atoms with Gasteiger partial charge in [0.25, 0.3) is 0 Å². The molecule has 2 aromatic rings. The van der Waals surface area contributed by atoms with Gasteiger partial charge in [0.1, 0.15) is 5.76 Å². The molecular weight excluding hydrogens is 292 g/mol. The van der Waals surface area contributed by atoms with Gasteiger partial charge in [0.2, 0.25) is 5.89 Å². The lowest BCUT2D eigenvalue weighted by atomic mass is 10.1. The Kier molecular flexibility index (Phi) is 4.82. The SMILES string of the molecule is Cc1cnc(C(C)NCc2ccc(/C(N)=N/O)cc2Cl)o1. The van der Waals surface area contributed by atoms with Crippen molar-refractivity contribution in [2.45, 2.75) is 26.4 Å². The molecule has 0 saturated carbocycles. The molecule has 1 unspecified atom stereocenters. The zero-order valence-corrected chi connectivity index (χ0v) is 12.6. The smallest absolute Gasteiger partial charge is 0.211 e. The monoisotopic (exact) mass is 308 g/mol. The largest absolute Gasteiger partial charge is 0.444 e. The average Bonchev–Trinajstić information content (AvgIpc) is 2.91. The second kappa shape index (κ2) is 6.60. The molecule has 1 aromatic heterocycles. The fourth-order valence-electron chi connectivity index (χ4n) is 1.83. The molecule has 0 fully saturated rings. The molecule has 2 rings (SSSR count). The number of halogens is 1. The highest BCUT2D eigenvalue weighted by Crippen LogP contribution is 2.19. The molecule has 4 N–H and O–H groups in total. The van der Waals surface area contributed by atoms with Crippen LogP contribution in [0.1, 0.15) is 35.7 Å². The van der Waals surface area contributed by atoms with Crippen molar-refractivity contribution in [2.24, 2.45) is 10.9 Å². The van der Waals surface area contributed by atoms with Crippen molar-refractivity contribution in [3.05, 3.63) is 52.2 Å². The number of amidine groups is 1. The first-order chi connectivity index (χ1) is 10.0. The molecule has 7 heteroatoms. The van der Waals surface area contributed by atoms with Crippen molar-refractivity contribution >= 4 is 17.4 Å². The van der Waals surface area contributed by atoms with Gasteiger partial charge in [-0.25, -0.2) is 4.98 Å². The summed E-state index contributed by atoms with van der Waals surface area (Å²) in [5, 5.41) is 15.4. The number of nitrogens with two attached hydrogens (primary N) is 1. The Bertz CT molecular complexity index is 654. The minimum Gasteiger partial charge on any atom is -0.444 e. The Hall–Kier alpha value is -2.05. The van der Waals surface area contributed by atoms with Gasteiger partial charge in [0, 0.05) is 17.1 Å². The molecule has 0 amide bonds. The van der Waals surface area contributed by atoms with Gasteiger partial charge in [0.05, 0.1) is 12.2 Å². The summed E-state index contributed by atoms with van der Waals surface area (Å²) in [6, 6.07) is 5.21. The van der Waals surface area contributed by atoms with Gasteiger partial charge in [-0.15, -0.1) is 0 Å². The first kappa shape index (κ1) is 15.3. The van der Waals surface area contributed by atoms with Crippen molar-refractivity contribution < 1.29 is 9.62 Å². The standard InChI is InChI=1S/C14H17ClN4O2/c1-8-6-18-14(21-8)9(2)17-7-11-4-3-10(5-12(11)15)13(16)19-20/h3-6,9,17,20H,7H2,1-2H3,(H2,16,19). The Balaban J connectivity index is 2.03. The van der Waals surface area contributed by atoms with Crippen molar-refractivity contribution in [3.8, 4) is 0 Å². The lowest BCUT2D eigenvalue weighted by molar-refractivity contribution is 0.318. The van der Waals surface area contributed by atoms with E-state index in [0.717, 1.165) is 11.3 Å². The van der Waals surface area contributed by atoms with E-state index in [9.17, 15) is 0 Å². The maximum Gasteiger partial charge on any atom is 0.211 e. The van der Waals surface area contributed by atoms with E-state index in [1.807, 2.05) is 19.9 Å². The fraction of sp³-hybridized carbons (Fsp3) is 0.286. The zero-order chi connectivity index (χ0) is 15.4. The predicted molar refractivity (Wildman–Crippen MR) is 80.5 cm³/mol. The molecule has 0 bridgehead atoms. The number of oxazole rings is 1. The fourth-order valence-corrected chi connectivity index (χ4v) is 2.08. The average molecular weight is 309 g/mol. The predicted octanol–water partition coefficient (Wildman–Crippen LogP) is 2.58. The number of hydrogen-bond donors (Lipinski definition) is 3. The Morgan fingerprint density at radius 3 is 2.90 bits per heavy atom. The molecule has 112 valence electrons. The van der Waals surface area contributed by atoms with Crippen molar-refractivity contribution in [2.75, 3.05) is 0 Å². The third-order valence-corrected chi connectivity index (χ3v) is 3.42. The summed E-state index contributed by atoms with van der Waals surface area (Å²) < 4.78 is 5.46. The number of nitrogens with zero attached hydrogens (tertiary/aromatic N) is 2. The van der Waals surface area contributed by atoms with Gasteiger partial charge >= 0.3 is 0 Å². The maximum absolute atomic E-state index is 8.64. The molecule has 0 aliphatic rings. The van der Waals surface area contributed by atoms with Gasteiger partial charge in [-0.05, 0) is 25.5 Å². The van der Waals surface area contributed by atoms with Crippen LogP contribution in [0.4, 0.5) is 0 Å². The first-order valence-electron chi connectivity index (χ1n) is 6.43. The van der Waals surface area contributed by atoms with Crippen molar-refractivity contribution in [3.63, 3.8) is 0 Å². The summed E-state index contributed by atoms with van der Waals surface area (Å²) in [7, 11) is 0. The Morgan fingerprint density at radius 2 is 2.33 bits per heavy atom. The molecule has 0 saturated heterocycles. The van der Waals surface area contributed by atoms with Crippen LogP contribution >= 0.6 is 11.6 Å². The van der Waals surface area contributed by atoms with Crippen LogP contribution in [0.15, 0.2) is 34.0 Å². The highest BCUT2D eigenvalue weighted by Gasteiger charge is 2.12. The summed E-state index contributed by atoms with van der Waals surface area (Å²) in [6.45, 7) is 4.37. The van der Waals surface area contributed by atoms with Gasteiger partial charge in [-0.2, -0.15) is 0 Å². The molecular formula is C14H17ClN4O2. The van der Waals surface area contributed by atoms with E-state index in [1.54, 1.807) is 18.3 Å². The van der Waals surface area contributed by atoms with Gasteiger partial charge < -0.3 is 20.7 Å². The van der Waals surface area contributed by atoms with Crippen LogP contribution in [0.5, 0.6) is 0 Å². The Labute approximate surface area is 127 Å². The van der Waals surface area contributed by atoms with Crippen LogP contribution in [0, 0.1) is 6.92 Å². The number of aryl methyl sites for hydroxylation is 1. The van der Waals surface area contributed by atoms with Crippen molar-refractivity contribution in [1.82, 2.24) is 10.3 Å². The summed E-state index contributed by atoms with van der Waals surface area (Å²) in [4.78, 5) is 4.18. The number of rotatable bonds is 5. The van der Waals surface area contributed by atoms with E-state index in [4.69, 9.17) is 27.0 Å². The number of hydrogen-bond acceptors (Lipinski definition) is 5. The maximum atomic E-state index is 8.64. The second-order valence-electron chi connectivity index (χ2n) is 4.70. The summed E-state index contributed by atoms with van der Waals surface area (Å²) in [5.41, 5.74) is 6.99. The van der Waals surface area contributed by atoms with E-state index in [0.29, 0.717) is 23.0 Å². The number of oxime groups is 1. The lowest BCUT2D eigenvalue weighted by Crippen LogP contribution is -2.19. The molecule has 1 heterocycles. The number of nitrogens with one attached hydrogen (secondary N) is 1. The Morgan fingerprint density at radius 1 is 1.57 bits per heavy atom. The molecule has 21 heavy (non-hydrogen) atoms. The second-order valence-corrected chi connectivity index (χ2v) is 5.11. The van der Waals surface area contributed by atoms with Crippen LogP contribution < -0.4 is 11.1 Å². The third kappa shape index (κ3) is 3.74. The number of aromatic nitrogens is 1. The van der Waals surface area contributed by atoms with E-state index >= 15 is 0 Å². The zero-order valence-electron chi connectivity index (χ0n) is 11.8. The lowest BCUT2D eigenvalue weighted by Gasteiger charge is -2.12. The molecule has 1 atom stereocenters. The summed E-state index contributed by atoms with van der Waals surface area (Å²) in [5.74, 6) is 1.44. The summed E-state index contributed by atoms with van der Waals surface area (Å²) >= 11 is 6.19. The highest BCUT2D eigenvalue weighted by atomic mass is 35.5. The van der Waals surface area contributed by atoms with Crippen LogP contribution in [-0.4, -0.2) is 16.0 Å². The minimum atomic E-state index is -0.0292. The van der Waals surface area contributed by atoms with Crippen LogP contribution in [-0.2, 0) is 6.54 Å². The van der Waals surface area contributed by atoms with Gasteiger partial charge in [-0.3, -0.25) is 0 Å². The normalized spacial score (nSPS) is 13.4. The number of benzene rings is 1. The molecule has 1 aromatic carbocycles. The van der Waals surface area contributed by atoms with E-state index in [1.165, 1.54) is 0 Å². The molecule has 6 nitrogen and oxygen atoms in total. The van der Waals surface area contributed by atoms with E-state index < -0.39 is 0 Å². The molecule has 0 aliphatic heterocycles. The molecule has 0 aliphatic carbocycles. The highest BCUT2D eigenvalue weighted by molar-refractivity contribution is 6.31. The van der Waals surface area contributed by atoms with Gasteiger partial charge in [0.15, 0.2) is 5.84 Å². The van der Waals surface area contributed by atoms with E-state index in [2.05, 4.69) is 15.5 Å². The summed E-state index contributed by atoms with van der Waals surface area (Å²) in [6.07, 6.45) is 1.69. The molecule has 0 radical (unpaired) electrons. The minimum absolute atomic E-state index is 0.0278. The van der Waals surface area contributed by atoms with Crippen LogP contribution in [0.3, 0.4) is 0 Å². The van der Waals surface area contributed by atoms with Crippen LogP contribution in [0.25, 0.3) is 0 Å². The first-order valence-corrected chi connectivity index (χ1v) is 6.81.